The first-order valence-corrected chi connectivity index (χ1v) is 7.25. The Kier molecular flexibility index (Phi) is 4.11. The second kappa shape index (κ2) is 6.19. The van der Waals surface area contributed by atoms with Crippen molar-refractivity contribution in [3.8, 4) is 5.88 Å². The van der Waals surface area contributed by atoms with Crippen molar-refractivity contribution in [2.24, 2.45) is 0 Å². The monoisotopic (exact) mass is 318 g/mol. The number of methoxy groups -OCH3 is 1. The van der Waals surface area contributed by atoms with Gasteiger partial charge in [-0.05, 0) is 24.6 Å². The zero-order chi connectivity index (χ0) is 15.5. The second-order valence-corrected chi connectivity index (χ2v) is 5.31. The Bertz CT molecular complexity index is 695. The molecule has 0 aliphatic carbocycles. The molecule has 7 heteroatoms. The van der Waals surface area contributed by atoms with Gasteiger partial charge in [-0.1, -0.05) is 17.7 Å². The van der Waals surface area contributed by atoms with Crippen molar-refractivity contribution in [1.29, 1.82) is 0 Å². The van der Waals surface area contributed by atoms with Crippen LogP contribution in [0.3, 0.4) is 0 Å². The minimum Gasteiger partial charge on any atom is -0.481 e. The first-order valence-electron chi connectivity index (χ1n) is 6.88. The average molecular weight is 319 g/mol. The normalized spacial score (nSPS) is 17.6. The molecule has 1 aliphatic rings. The van der Waals surface area contributed by atoms with Gasteiger partial charge < -0.3 is 15.0 Å². The minimum absolute atomic E-state index is 0.0197. The van der Waals surface area contributed by atoms with E-state index in [4.69, 9.17) is 16.3 Å². The number of aromatic nitrogens is 2. The largest absolute Gasteiger partial charge is 0.481 e. The number of carbonyl (C=O) groups is 1. The zero-order valence-electron chi connectivity index (χ0n) is 12.0. The molecule has 6 nitrogen and oxygen atoms in total. The summed E-state index contributed by atoms with van der Waals surface area (Å²) in [6.07, 6.45) is 2.26. The van der Waals surface area contributed by atoms with Crippen LogP contribution in [-0.4, -0.2) is 35.6 Å². The highest BCUT2D eigenvalue weighted by Gasteiger charge is 2.33. The third kappa shape index (κ3) is 2.96. The summed E-state index contributed by atoms with van der Waals surface area (Å²) in [5.41, 5.74) is 0.799. The van der Waals surface area contributed by atoms with Gasteiger partial charge in [0.05, 0.1) is 7.11 Å². The fourth-order valence-electron chi connectivity index (χ4n) is 2.40. The van der Waals surface area contributed by atoms with Gasteiger partial charge in [-0.2, -0.15) is 4.98 Å². The van der Waals surface area contributed by atoms with Crippen LogP contribution in [-0.2, 0) is 4.79 Å². The first-order chi connectivity index (χ1) is 10.7. The Morgan fingerprint density at radius 1 is 1.41 bits per heavy atom. The van der Waals surface area contributed by atoms with Crippen molar-refractivity contribution in [2.75, 3.05) is 23.9 Å². The predicted octanol–water partition coefficient (Wildman–Crippen LogP) is 2.36. The SMILES string of the molecule is COc1ccnc(NC2CCN(c3cccc(Cl)c3)C2=O)n1. The molecule has 2 aromatic rings. The zero-order valence-corrected chi connectivity index (χ0v) is 12.7. The van der Waals surface area contributed by atoms with Crippen molar-refractivity contribution >= 4 is 29.1 Å². The number of anilines is 2. The molecule has 1 N–H and O–H groups in total. The number of amides is 1. The molecule has 0 bridgehead atoms. The van der Waals surface area contributed by atoms with Gasteiger partial charge in [0.25, 0.3) is 0 Å². The maximum atomic E-state index is 12.5. The van der Waals surface area contributed by atoms with Gasteiger partial charge in [0, 0.05) is 29.5 Å². The van der Waals surface area contributed by atoms with Crippen LogP contribution in [0, 0.1) is 0 Å². The predicted molar refractivity (Wildman–Crippen MR) is 84.4 cm³/mol. The van der Waals surface area contributed by atoms with Gasteiger partial charge in [-0.15, -0.1) is 0 Å². The minimum atomic E-state index is -0.355. The number of hydrogen-bond donors (Lipinski definition) is 1. The van der Waals surface area contributed by atoms with E-state index in [2.05, 4.69) is 15.3 Å². The second-order valence-electron chi connectivity index (χ2n) is 4.88. The summed E-state index contributed by atoms with van der Waals surface area (Å²) in [5.74, 6) is 0.814. The summed E-state index contributed by atoms with van der Waals surface area (Å²) in [6.45, 7) is 0.626. The van der Waals surface area contributed by atoms with E-state index in [1.165, 1.54) is 7.11 Å². The first kappa shape index (κ1) is 14.6. The summed E-state index contributed by atoms with van der Waals surface area (Å²) in [4.78, 5) is 22.5. The molecule has 0 spiro atoms. The lowest BCUT2D eigenvalue weighted by molar-refractivity contribution is -0.117. The molecule has 1 atom stereocenters. The number of nitrogens with one attached hydrogen (secondary N) is 1. The summed E-state index contributed by atoms with van der Waals surface area (Å²) >= 11 is 5.98. The van der Waals surface area contributed by atoms with Crippen LogP contribution >= 0.6 is 11.6 Å². The third-order valence-corrected chi connectivity index (χ3v) is 3.70. The van der Waals surface area contributed by atoms with Gasteiger partial charge >= 0.3 is 0 Å². The fourth-order valence-corrected chi connectivity index (χ4v) is 2.58. The molecule has 114 valence electrons. The van der Waals surface area contributed by atoms with E-state index in [1.807, 2.05) is 12.1 Å². The Labute approximate surface area is 133 Å². The van der Waals surface area contributed by atoms with Crippen LogP contribution in [0.25, 0.3) is 0 Å². The van der Waals surface area contributed by atoms with Crippen molar-refractivity contribution in [3.63, 3.8) is 0 Å². The third-order valence-electron chi connectivity index (χ3n) is 3.47. The summed E-state index contributed by atoms with van der Waals surface area (Å²) < 4.78 is 5.05. The molecule has 2 heterocycles. The lowest BCUT2D eigenvalue weighted by Crippen LogP contribution is -2.33. The maximum absolute atomic E-state index is 12.5. The van der Waals surface area contributed by atoms with Gasteiger partial charge in [0.15, 0.2) is 0 Å². The lowest BCUT2D eigenvalue weighted by Gasteiger charge is -2.17. The Morgan fingerprint density at radius 3 is 3.05 bits per heavy atom. The molecule has 1 saturated heterocycles. The van der Waals surface area contributed by atoms with Crippen LogP contribution in [0.15, 0.2) is 36.5 Å². The summed E-state index contributed by atoms with van der Waals surface area (Å²) in [5, 5.41) is 3.66. The number of ether oxygens (including phenoxy) is 1. The van der Waals surface area contributed by atoms with Crippen LogP contribution < -0.4 is 15.0 Å². The van der Waals surface area contributed by atoms with E-state index in [1.54, 1.807) is 29.3 Å². The van der Waals surface area contributed by atoms with Crippen molar-refractivity contribution in [3.05, 3.63) is 41.6 Å². The molecule has 0 radical (unpaired) electrons. The van der Waals surface area contributed by atoms with Gasteiger partial charge in [0.1, 0.15) is 6.04 Å². The molecule has 0 saturated carbocycles. The van der Waals surface area contributed by atoms with Crippen LogP contribution in [0.4, 0.5) is 11.6 Å². The lowest BCUT2D eigenvalue weighted by atomic mass is 10.2. The highest BCUT2D eigenvalue weighted by Crippen LogP contribution is 2.25. The number of halogens is 1. The van der Waals surface area contributed by atoms with E-state index in [0.717, 1.165) is 5.69 Å². The molecule has 1 aromatic carbocycles. The molecule has 1 amide bonds. The number of benzene rings is 1. The van der Waals surface area contributed by atoms with Crippen molar-refractivity contribution in [2.45, 2.75) is 12.5 Å². The highest BCUT2D eigenvalue weighted by atomic mass is 35.5. The van der Waals surface area contributed by atoms with Crippen LogP contribution in [0.5, 0.6) is 5.88 Å². The fraction of sp³-hybridized carbons (Fsp3) is 0.267. The highest BCUT2D eigenvalue weighted by molar-refractivity contribution is 6.31. The molecule has 1 aliphatic heterocycles. The summed E-state index contributed by atoms with van der Waals surface area (Å²) in [6, 6.07) is 8.56. The Morgan fingerprint density at radius 2 is 2.27 bits per heavy atom. The molecule has 22 heavy (non-hydrogen) atoms. The van der Waals surface area contributed by atoms with Crippen molar-refractivity contribution < 1.29 is 9.53 Å². The quantitative estimate of drug-likeness (QED) is 0.937. The average Bonchev–Trinajstić information content (AvgIpc) is 2.88. The van der Waals surface area contributed by atoms with E-state index >= 15 is 0 Å². The molecule has 1 fully saturated rings. The molecular formula is C15H15ClN4O2. The number of nitrogens with zero attached hydrogens (tertiary/aromatic N) is 3. The van der Waals surface area contributed by atoms with E-state index in [-0.39, 0.29) is 11.9 Å². The molecule has 1 aromatic heterocycles. The number of rotatable bonds is 4. The molecular weight excluding hydrogens is 304 g/mol. The van der Waals surface area contributed by atoms with Crippen molar-refractivity contribution in [1.82, 2.24) is 9.97 Å². The topological polar surface area (TPSA) is 67.3 Å². The van der Waals surface area contributed by atoms with E-state index in [0.29, 0.717) is 29.8 Å². The summed E-state index contributed by atoms with van der Waals surface area (Å²) in [7, 11) is 1.54. The standard InChI is InChI=1S/C15H15ClN4O2/c1-22-13-5-7-17-15(19-13)18-12-6-8-20(14(12)21)11-4-2-3-10(16)9-11/h2-5,7,9,12H,6,8H2,1H3,(H,17,18,19). The van der Waals surface area contributed by atoms with Gasteiger partial charge in [0.2, 0.25) is 17.7 Å². The van der Waals surface area contributed by atoms with Crippen LogP contribution in [0.1, 0.15) is 6.42 Å². The van der Waals surface area contributed by atoms with Crippen LogP contribution in [0.2, 0.25) is 5.02 Å². The molecule has 1 unspecified atom stereocenters. The Balaban J connectivity index is 1.73. The smallest absolute Gasteiger partial charge is 0.249 e. The number of carbonyl (C=O) groups excluding carboxylic acids is 1. The number of hydrogen-bond acceptors (Lipinski definition) is 5. The Hall–Kier alpha value is -2.34. The van der Waals surface area contributed by atoms with Gasteiger partial charge in [-0.25, -0.2) is 4.98 Å². The maximum Gasteiger partial charge on any atom is 0.249 e. The molecule has 3 rings (SSSR count). The van der Waals surface area contributed by atoms with E-state index in [9.17, 15) is 4.79 Å². The van der Waals surface area contributed by atoms with E-state index < -0.39 is 0 Å². The van der Waals surface area contributed by atoms with Gasteiger partial charge in [-0.3, -0.25) is 4.79 Å².